The average Bonchev–Trinajstić information content (AvgIpc) is 2.79. The highest BCUT2D eigenvalue weighted by atomic mass is 19.4. The second kappa shape index (κ2) is 4.21. The number of nitrogens with zero attached hydrogens (tertiary/aromatic N) is 1. The molecule has 0 saturated heterocycles. The molecule has 5 nitrogen and oxygen atoms in total. The van der Waals surface area contributed by atoms with Gasteiger partial charge in [0.25, 0.3) is 5.56 Å². The SMILES string of the molecule is COc1nc(-c2ccoc2)[nH]c(=O)c1C(F)(F)F. The van der Waals surface area contributed by atoms with E-state index in [0.717, 1.165) is 7.11 Å². The Kier molecular flexibility index (Phi) is 2.85. The van der Waals surface area contributed by atoms with E-state index in [2.05, 4.69) is 9.72 Å². The van der Waals surface area contributed by atoms with Crippen LogP contribution in [0, 0.1) is 0 Å². The second-order valence-electron chi connectivity index (χ2n) is 3.31. The van der Waals surface area contributed by atoms with Crippen molar-refractivity contribution >= 4 is 0 Å². The van der Waals surface area contributed by atoms with E-state index in [1.54, 1.807) is 0 Å². The van der Waals surface area contributed by atoms with E-state index in [4.69, 9.17) is 4.42 Å². The molecule has 8 heteroatoms. The summed E-state index contributed by atoms with van der Waals surface area (Å²) < 4.78 is 47.1. The molecule has 2 aromatic heterocycles. The molecule has 0 bridgehead atoms. The summed E-state index contributed by atoms with van der Waals surface area (Å²) in [5, 5.41) is 0. The molecule has 0 aromatic carbocycles. The molecule has 0 unspecified atom stereocenters. The maximum Gasteiger partial charge on any atom is 0.426 e. The van der Waals surface area contributed by atoms with Gasteiger partial charge in [-0.3, -0.25) is 4.79 Å². The zero-order valence-electron chi connectivity index (χ0n) is 9.04. The van der Waals surface area contributed by atoms with E-state index in [1.165, 1.54) is 18.6 Å². The molecule has 2 rings (SSSR count). The van der Waals surface area contributed by atoms with Gasteiger partial charge in [-0.15, -0.1) is 0 Å². The zero-order chi connectivity index (χ0) is 13.3. The van der Waals surface area contributed by atoms with E-state index in [1.807, 2.05) is 4.98 Å². The molecule has 0 atom stereocenters. The number of H-pyrrole nitrogens is 1. The van der Waals surface area contributed by atoms with E-state index in [9.17, 15) is 18.0 Å². The van der Waals surface area contributed by atoms with Crippen LogP contribution in [-0.4, -0.2) is 17.1 Å². The summed E-state index contributed by atoms with van der Waals surface area (Å²) in [4.78, 5) is 17.1. The van der Waals surface area contributed by atoms with Gasteiger partial charge in [0.2, 0.25) is 5.88 Å². The fourth-order valence-electron chi connectivity index (χ4n) is 1.39. The number of nitrogens with one attached hydrogen (secondary N) is 1. The first kappa shape index (κ1) is 12.2. The summed E-state index contributed by atoms with van der Waals surface area (Å²) in [6.45, 7) is 0. The summed E-state index contributed by atoms with van der Waals surface area (Å²) in [7, 11) is 1.01. The Morgan fingerprint density at radius 1 is 1.44 bits per heavy atom. The lowest BCUT2D eigenvalue weighted by Crippen LogP contribution is -2.24. The molecule has 2 aromatic rings. The number of alkyl halides is 3. The normalized spacial score (nSPS) is 11.6. The topological polar surface area (TPSA) is 68.1 Å². The van der Waals surface area contributed by atoms with Crippen LogP contribution in [0.1, 0.15) is 5.56 Å². The molecule has 0 aliphatic carbocycles. The Balaban J connectivity index is 2.65. The van der Waals surface area contributed by atoms with Gasteiger partial charge in [0.05, 0.1) is 18.9 Å². The highest BCUT2D eigenvalue weighted by molar-refractivity contribution is 5.53. The minimum atomic E-state index is -4.83. The van der Waals surface area contributed by atoms with Crippen LogP contribution in [0.3, 0.4) is 0 Å². The molecule has 0 aliphatic heterocycles. The second-order valence-corrected chi connectivity index (χ2v) is 3.31. The third-order valence-electron chi connectivity index (χ3n) is 2.16. The first-order valence-corrected chi connectivity index (χ1v) is 4.71. The number of aromatic amines is 1. The molecule has 0 spiro atoms. The molecule has 2 heterocycles. The van der Waals surface area contributed by atoms with E-state index >= 15 is 0 Å². The van der Waals surface area contributed by atoms with Crippen LogP contribution in [0.15, 0.2) is 27.8 Å². The van der Waals surface area contributed by atoms with E-state index < -0.39 is 23.2 Å². The number of furan rings is 1. The molecule has 0 amide bonds. The highest BCUT2D eigenvalue weighted by Crippen LogP contribution is 2.32. The van der Waals surface area contributed by atoms with Gasteiger partial charge in [0.1, 0.15) is 12.1 Å². The predicted molar refractivity (Wildman–Crippen MR) is 54.1 cm³/mol. The highest BCUT2D eigenvalue weighted by Gasteiger charge is 2.39. The third-order valence-corrected chi connectivity index (χ3v) is 2.16. The maximum absolute atomic E-state index is 12.6. The smallest absolute Gasteiger partial charge is 0.426 e. The molecule has 96 valence electrons. The van der Waals surface area contributed by atoms with Gasteiger partial charge in [-0.2, -0.15) is 18.2 Å². The first-order chi connectivity index (χ1) is 8.43. The van der Waals surface area contributed by atoms with Gasteiger partial charge in [-0.25, -0.2) is 0 Å². The Morgan fingerprint density at radius 3 is 2.67 bits per heavy atom. The van der Waals surface area contributed by atoms with Crippen LogP contribution in [-0.2, 0) is 6.18 Å². The zero-order valence-corrected chi connectivity index (χ0v) is 9.04. The monoisotopic (exact) mass is 260 g/mol. The molecular weight excluding hydrogens is 253 g/mol. The summed E-state index contributed by atoms with van der Waals surface area (Å²) in [5.74, 6) is -0.832. The average molecular weight is 260 g/mol. The molecule has 0 aliphatic rings. The van der Waals surface area contributed by atoms with Crippen molar-refractivity contribution in [3.05, 3.63) is 34.5 Å². The van der Waals surface area contributed by atoms with Crippen LogP contribution in [0.2, 0.25) is 0 Å². The van der Waals surface area contributed by atoms with Gasteiger partial charge in [-0.05, 0) is 6.07 Å². The lowest BCUT2D eigenvalue weighted by Gasteiger charge is -2.10. The van der Waals surface area contributed by atoms with Crippen molar-refractivity contribution in [2.24, 2.45) is 0 Å². The van der Waals surface area contributed by atoms with Crippen molar-refractivity contribution in [2.75, 3.05) is 7.11 Å². The Labute approximate surface area is 98.2 Å². The van der Waals surface area contributed by atoms with Gasteiger partial charge in [-0.1, -0.05) is 0 Å². The van der Waals surface area contributed by atoms with E-state index in [0.29, 0.717) is 5.56 Å². The lowest BCUT2D eigenvalue weighted by molar-refractivity contribution is -0.140. The molecule has 0 fully saturated rings. The van der Waals surface area contributed by atoms with Crippen molar-refractivity contribution in [3.8, 4) is 17.3 Å². The van der Waals surface area contributed by atoms with Crippen LogP contribution in [0.4, 0.5) is 13.2 Å². The number of hydrogen-bond acceptors (Lipinski definition) is 4. The number of methoxy groups -OCH3 is 1. The molecule has 0 radical (unpaired) electrons. The Hall–Kier alpha value is -2.25. The summed E-state index contributed by atoms with van der Waals surface area (Å²) in [6.07, 6.45) is -2.29. The largest absolute Gasteiger partial charge is 0.480 e. The first-order valence-electron chi connectivity index (χ1n) is 4.71. The van der Waals surface area contributed by atoms with Crippen molar-refractivity contribution < 1.29 is 22.3 Å². The number of aromatic nitrogens is 2. The van der Waals surface area contributed by atoms with Crippen LogP contribution < -0.4 is 10.3 Å². The molecule has 0 saturated carbocycles. The minimum absolute atomic E-state index is 0.0569. The van der Waals surface area contributed by atoms with Crippen molar-refractivity contribution in [3.63, 3.8) is 0 Å². The third kappa shape index (κ3) is 2.08. The summed E-state index contributed by atoms with van der Waals surface area (Å²) >= 11 is 0. The minimum Gasteiger partial charge on any atom is -0.480 e. The maximum atomic E-state index is 12.6. The van der Waals surface area contributed by atoms with Crippen LogP contribution in [0.5, 0.6) is 5.88 Å². The lowest BCUT2D eigenvalue weighted by atomic mass is 10.2. The molecular formula is C10H7F3N2O3. The van der Waals surface area contributed by atoms with Gasteiger partial charge >= 0.3 is 6.18 Å². The number of rotatable bonds is 2. The fourth-order valence-corrected chi connectivity index (χ4v) is 1.39. The molecule has 18 heavy (non-hydrogen) atoms. The Bertz CT molecular complexity index is 602. The van der Waals surface area contributed by atoms with Crippen LogP contribution >= 0.6 is 0 Å². The number of ether oxygens (including phenoxy) is 1. The fraction of sp³-hybridized carbons (Fsp3) is 0.200. The summed E-state index contributed by atoms with van der Waals surface area (Å²) in [6, 6.07) is 1.45. The number of hydrogen-bond donors (Lipinski definition) is 1. The predicted octanol–water partition coefficient (Wildman–Crippen LogP) is 2.06. The van der Waals surface area contributed by atoms with Gasteiger partial charge in [0.15, 0.2) is 5.56 Å². The van der Waals surface area contributed by atoms with Gasteiger partial charge < -0.3 is 14.1 Å². The van der Waals surface area contributed by atoms with E-state index in [-0.39, 0.29) is 5.82 Å². The van der Waals surface area contributed by atoms with Crippen LogP contribution in [0.25, 0.3) is 11.4 Å². The Morgan fingerprint density at radius 2 is 2.17 bits per heavy atom. The quantitative estimate of drug-likeness (QED) is 0.897. The standard InChI is InChI=1S/C10H7F3N2O3/c1-17-9-6(10(11,12)13)8(16)14-7(15-9)5-2-3-18-4-5/h2-4H,1H3,(H,14,15,16). The van der Waals surface area contributed by atoms with Gasteiger partial charge in [0, 0.05) is 0 Å². The van der Waals surface area contributed by atoms with Crippen molar-refractivity contribution in [1.82, 2.24) is 9.97 Å². The number of halogens is 3. The van der Waals surface area contributed by atoms with Crippen molar-refractivity contribution in [2.45, 2.75) is 6.18 Å². The molecule has 1 N–H and O–H groups in total. The van der Waals surface area contributed by atoms with Crippen molar-refractivity contribution in [1.29, 1.82) is 0 Å². The summed E-state index contributed by atoms with van der Waals surface area (Å²) in [5.41, 5.74) is -2.43.